The zero-order chi connectivity index (χ0) is 24.1. The van der Waals surface area contributed by atoms with Gasteiger partial charge >= 0.3 is 5.97 Å². The molecule has 1 aliphatic rings. The first-order valence-corrected chi connectivity index (χ1v) is 12.5. The Hall–Kier alpha value is -2.55. The summed E-state index contributed by atoms with van der Waals surface area (Å²) in [6.07, 6.45) is 0. The summed E-state index contributed by atoms with van der Waals surface area (Å²) >= 11 is 3.56. The molecule has 1 N–H and O–H groups in total. The Kier molecular flexibility index (Phi) is 8.13. The van der Waals surface area contributed by atoms with E-state index < -0.39 is 6.04 Å². The maximum Gasteiger partial charge on any atom is 0.328 e. The molecule has 0 bridgehead atoms. The number of anilines is 1. The highest BCUT2D eigenvalue weighted by molar-refractivity contribution is 9.10. The van der Waals surface area contributed by atoms with Gasteiger partial charge in [-0.3, -0.25) is 9.80 Å². The number of nitrogens with zero attached hydrogens (tertiary/aromatic N) is 4. The predicted molar refractivity (Wildman–Crippen MR) is 138 cm³/mol. The molecule has 7 nitrogen and oxygen atoms in total. The van der Waals surface area contributed by atoms with Crippen LogP contribution in [-0.4, -0.2) is 65.1 Å². The standard InChI is InChI=1S/C26H32BrN5O2/c1-18(2)24(26(33)34-3)30-25-21-9-4-5-10-22(21)28-23(29-25)17-32-13-11-31(12-14-32)16-19-7-6-8-20(27)15-19/h4-10,15,18,24H,11-14,16-17H2,1-3H3,(H,28,29,30)/t24-/m0/s1. The fraction of sp³-hybridized carbons (Fsp3) is 0.423. The monoisotopic (exact) mass is 525 g/mol. The molecule has 0 spiro atoms. The van der Waals surface area contributed by atoms with E-state index >= 15 is 0 Å². The second-order valence-corrected chi connectivity index (χ2v) is 9.99. The van der Waals surface area contributed by atoms with E-state index in [4.69, 9.17) is 14.7 Å². The number of para-hydroxylation sites is 1. The second kappa shape index (κ2) is 11.3. The lowest BCUT2D eigenvalue weighted by molar-refractivity contribution is -0.142. The van der Waals surface area contributed by atoms with Crippen LogP contribution in [0.2, 0.25) is 0 Å². The molecule has 1 aromatic heterocycles. The van der Waals surface area contributed by atoms with E-state index in [1.165, 1.54) is 12.7 Å². The smallest absolute Gasteiger partial charge is 0.328 e. The molecule has 0 unspecified atom stereocenters. The number of halogens is 1. The molecule has 1 aliphatic heterocycles. The molecule has 34 heavy (non-hydrogen) atoms. The Morgan fingerprint density at radius 2 is 1.74 bits per heavy atom. The molecule has 2 heterocycles. The van der Waals surface area contributed by atoms with Crippen LogP contribution in [0.25, 0.3) is 10.9 Å². The largest absolute Gasteiger partial charge is 0.467 e. The maximum atomic E-state index is 12.3. The molecule has 4 rings (SSSR count). The highest BCUT2D eigenvalue weighted by Crippen LogP contribution is 2.23. The van der Waals surface area contributed by atoms with Crippen molar-refractivity contribution in [2.75, 3.05) is 38.6 Å². The van der Waals surface area contributed by atoms with E-state index in [2.05, 4.69) is 55.3 Å². The number of hydrogen-bond acceptors (Lipinski definition) is 7. The van der Waals surface area contributed by atoms with Gasteiger partial charge in [0.1, 0.15) is 17.7 Å². The van der Waals surface area contributed by atoms with Crippen LogP contribution in [0, 0.1) is 5.92 Å². The molecule has 0 aliphatic carbocycles. The molecule has 2 aromatic carbocycles. The Balaban J connectivity index is 1.46. The van der Waals surface area contributed by atoms with Gasteiger partial charge in [-0.25, -0.2) is 14.8 Å². The second-order valence-electron chi connectivity index (χ2n) is 9.08. The summed E-state index contributed by atoms with van der Waals surface area (Å²) in [6, 6.07) is 15.9. The van der Waals surface area contributed by atoms with Crippen molar-refractivity contribution in [2.45, 2.75) is 33.0 Å². The van der Waals surface area contributed by atoms with Crippen LogP contribution in [0.4, 0.5) is 5.82 Å². The summed E-state index contributed by atoms with van der Waals surface area (Å²) in [7, 11) is 1.42. The molecule has 1 saturated heterocycles. The van der Waals surface area contributed by atoms with E-state index in [0.717, 1.165) is 53.9 Å². The number of piperazine rings is 1. The van der Waals surface area contributed by atoms with Crippen LogP contribution < -0.4 is 5.32 Å². The number of aromatic nitrogens is 2. The van der Waals surface area contributed by atoms with Gasteiger partial charge in [0, 0.05) is 42.6 Å². The van der Waals surface area contributed by atoms with Gasteiger partial charge in [0.05, 0.1) is 19.2 Å². The molecule has 8 heteroatoms. The minimum atomic E-state index is -0.474. The average molecular weight is 526 g/mol. The molecule has 0 amide bonds. The summed E-state index contributed by atoms with van der Waals surface area (Å²) in [4.78, 5) is 26.9. The summed E-state index contributed by atoms with van der Waals surface area (Å²) in [5.41, 5.74) is 2.19. The fourth-order valence-electron chi connectivity index (χ4n) is 4.28. The zero-order valence-electron chi connectivity index (χ0n) is 20.0. The first-order chi connectivity index (χ1) is 16.4. The quantitative estimate of drug-likeness (QED) is 0.439. The van der Waals surface area contributed by atoms with Gasteiger partial charge in [-0.1, -0.05) is 54.0 Å². The lowest BCUT2D eigenvalue weighted by Crippen LogP contribution is -2.45. The van der Waals surface area contributed by atoms with E-state index in [0.29, 0.717) is 12.4 Å². The number of ether oxygens (including phenoxy) is 1. The third-order valence-corrected chi connectivity index (χ3v) is 6.68. The van der Waals surface area contributed by atoms with Crippen molar-refractivity contribution < 1.29 is 9.53 Å². The average Bonchev–Trinajstić information content (AvgIpc) is 2.83. The van der Waals surface area contributed by atoms with E-state index in [9.17, 15) is 4.79 Å². The Morgan fingerprint density at radius 1 is 1.03 bits per heavy atom. The molecule has 1 fully saturated rings. The van der Waals surface area contributed by atoms with E-state index in [-0.39, 0.29) is 11.9 Å². The van der Waals surface area contributed by atoms with E-state index in [1.807, 2.05) is 38.1 Å². The summed E-state index contributed by atoms with van der Waals surface area (Å²) < 4.78 is 6.13. The lowest BCUT2D eigenvalue weighted by Gasteiger charge is -2.34. The minimum Gasteiger partial charge on any atom is -0.467 e. The van der Waals surface area contributed by atoms with Crippen molar-refractivity contribution in [3.05, 3.63) is 64.4 Å². The predicted octanol–water partition coefficient (Wildman–Crippen LogP) is 4.32. The van der Waals surface area contributed by atoms with Crippen LogP contribution in [0.1, 0.15) is 25.2 Å². The van der Waals surface area contributed by atoms with Gasteiger partial charge in [-0.05, 0) is 35.7 Å². The minimum absolute atomic E-state index is 0.0583. The molecule has 180 valence electrons. The van der Waals surface area contributed by atoms with Gasteiger partial charge in [0.15, 0.2) is 0 Å². The van der Waals surface area contributed by atoms with Crippen molar-refractivity contribution in [1.82, 2.24) is 19.8 Å². The summed E-state index contributed by atoms with van der Waals surface area (Å²) in [6.45, 7) is 9.55. The SMILES string of the molecule is COC(=O)[C@@H](Nc1nc(CN2CCN(Cc3cccc(Br)c3)CC2)nc2ccccc12)C(C)C. The number of rotatable bonds is 8. The van der Waals surface area contributed by atoms with Crippen LogP contribution in [-0.2, 0) is 22.6 Å². The first-order valence-electron chi connectivity index (χ1n) is 11.7. The number of fused-ring (bicyclic) bond motifs is 1. The highest BCUT2D eigenvalue weighted by atomic mass is 79.9. The molecule has 0 radical (unpaired) electrons. The first kappa shape index (κ1) is 24.6. The van der Waals surface area contributed by atoms with Gasteiger partial charge in [-0.2, -0.15) is 0 Å². The third-order valence-electron chi connectivity index (χ3n) is 6.19. The molecular formula is C26H32BrN5O2. The third kappa shape index (κ3) is 6.11. The van der Waals surface area contributed by atoms with Crippen LogP contribution in [0.3, 0.4) is 0 Å². The highest BCUT2D eigenvalue weighted by Gasteiger charge is 2.25. The number of carbonyl (C=O) groups excluding carboxylic acids is 1. The Morgan fingerprint density at radius 3 is 2.41 bits per heavy atom. The Labute approximate surface area is 209 Å². The number of esters is 1. The van der Waals surface area contributed by atoms with Gasteiger partial charge in [0.25, 0.3) is 0 Å². The lowest BCUT2D eigenvalue weighted by atomic mass is 10.0. The Bertz CT molecular complexity index is 1130. The molecular weight excluding hydrogens is 494 g/mol. The van der Waals surface area contributed by atoms with Crippen LogP contribution in [0.15, 0.2) is 53.0 Å². The summed E-state index contributed by atoms with van der Waals surface area (Å²) in [5.74, 6) is 1.20. The van der Waals surface area contributed by atoms with Crippen molar-refractivity contribution in [3.8, 4) is 0 Å². The number of methoxy groups -OCH3 is 1. The number of hydrogen-bond donors (Lipinski definition) is 1. The van der Waals surface area contributed by atoms with Gasteiger partial charge in [0.2, 0.25) is 0 Å². The summed E-state index contributed by atoms with van der Waals surface area (Å²) in [5, 5.41) is 4.23. The van der Waals surface area contributed by atoms with Crippen LogP contribution in [0.5, 0.6) is 0 Å². The topological polar surface area (TPSA) is 70.6 Å². The van der Waals surface area contributed by atoms with E-state index in [1.54, 1.807) is 0 Å². The number of nitrogens with one attached hydrogen (secondary N) is 1. The maximum absolute atomic E-state index is 12.3. The molecule has 0 saturated carbocycles. The normalized spacial score (nSPS) is 16.0. The van der Waals surface area contributed by atoms with Crippen molar-refractivity contribution in [3.63, 3.8) is 0 Å². The number of benzene rings is 2. The van der Waals surface area contributed by atoms with Crippen molar-refractivity contribution in [2.24, 2.45) is 5.92 Å². The van der Waals surface area contributed by atoms with Gasteiger partial charge in [-0.15, -0.1) is 0 Å². The van der Waals surface area contributed by atoms with Crippen molar-refractivity contribution in [1.29, 1.82) is 0 Å². The molecule has 1 atom stereocenters. The van der Waals surface area contributed by atoms with Crippen LogP contribution >= 0.6 is 15.9 Å². The van der Waals surface area contributed by atoms with Crippen molar-refractivity contribution >= 4 is 38.6 Å². The molecule has 3 aromatic rings. The van der Waals surface area contributed by atoms with Gasteiger partial charge < -0.3 is 10.1 Å². The fourth-order valence-corrected chi connectivity index (χ4v) is 4.72. The zero-order valence-corrected chi connectivity index (χ0v) is 21.6. The number of carbonyl (C=O) groups is 1.